The normalized spacial score (nSPS) is 18.4. The SMILES string of the molecule is COc1cccc(C(=O)N2CCN(c3cc(Cl)nc(SCC(=O)N4CCN(Cc5ccc6c(c5)OCO6)CC4)n3)CC2C)c1. The second-order valence-corrected chi connectivity index (χ2v) is 12.3. The van der Waals surface area contributed by atoms with Gasteiger partial charge in [0.25, 0.3) is 5.91 Å². The van der Waals surface area contributed by atoms with Gasteiger partial charge in [-0.05, 0) is 42.8 Å². The molecule has 2 saturated heterocycles. The van der Waals surface area contributed by atoms with Gasteiger partial charge in [-0.2, -0.15) is 0 Å². The second-order valence-electron chi connectivity index (χ2n) is 11.0. The van der Waals surface area contributed by atoms with E-state index in [4.69, 9.17) is 30.8 Å². The summed E-state index contributed by atoms with van der Waals surface area (Å²) in [5.41, 5.74) is 1.77. The molecule has 6 rings (SSSR count). The van der Waals surface area contributed by atoms with E-state index in [1.165, 1.54) is 11.8 Å². The Hall–Kier alpha value is -3.74. The number of carbonyl (C=O) groups is 2. The standard InChI is InChI=1S/C31H35ClN6O5S/c1-21-17-37(12-13-38(21)30(40)23-4-3-5-24(15-23)41-2)28-16-27(32)33-31(34-28)44-19-29(39)36-10-8-35(9-11-36)18-22-6-7-25-26(14-22)43-20-42-25/h3-7,14-16,21H,8-13,17-20H2,1-2H3. The van der Waals surface area contributed by atoms with E-state index in [9.17, 15) is 9.59 Å². The lowest BCUT2D eigenvalue weighted by atomic mass is 10.1. The predicted octanol–water partition coefficient (Wildman–Crippen LogP) is 3.65. The molecular weight excluding hydrogens is 604 g/mol. The number of thioether (sulfide) groups is 1. The van der Waals surface area contributed by atoms with Crippen LogP contribution >= 0.6 is 23.4 Å². The smallest absolute Gasteiger partial charge is 0.254 e. The molecule has 0 saturated carbocycles. The highest BCUT2D eigenvalue weighted by Crippen LogP contribution is 2.33. The summed E-state index contributed by atoms with van der Waals surface area (Å²) in [7, 11) is 1.59. The van der Waals surface area contributed by atoms with Gasteiger partial charge in [0.05, 0.1) is 12.9 Å². The number of nitrogens with zero attached hydrogens (tertiary/aromatic N) is 6. The number of hydrogen-bond acceptors (Lipinski definition) is 10. The molecule has 3 aliphatic heterocycles. The quantitative estimate of drug-likeness (QED) is 0.206. The Balaban J connectivity index is 0.993. The van der Waals surface area contributed by atoms with Crippen LogP contribution in [-0.4, -0.2) is 108 Å². The Labute approximate surface area is 266 Å². The number of piperazine rings is 2. The van der Waals surface area contributed by atoms with Crippen molar-refractivity contribution in [1.82, 2.24) is 24.7 Å². The number of aromatic nitrogens is 2. The molecule has 4 heterocycles. The average molecular weight is 639 g/mol. The summed E-state index contributed by atoms with van der Waals surface area (Å²) in [6.45, 7) is 7.77. The second kappa shape index (κ2) is 13.5. The first-order valence-electron chi connectivity index (χ1n) is 14.6. The molecule has 13 heteroatoms. The summed E-state index contributed by atoms with van der Waals surface area (Å²) < 4.78 is 16.2. The zero-order valence-corrected chi connectivity index (χ0v) is 26.4. The largest absolute Gasteiger partial charge is 0.497 e. The molecule has 1 aromatic heterocycles. The molecule has 0 radical (unpaired) electrons. The Morgan fingerprint density at radius 3 is 2.61 bits per heavy atom. The molecule has 1 atom stereocenters. The molecule has 3 aliphatic rings. The summed E-state index contributed by atoms with van der Waals surface area (Å²) in [5, 5.41) is 0.787. The minimum atomic E-state index is -0.0439. The minimum Gasteiger partial charge on any atom is -0.497 e. The van der Waals surface area contributed by atoms with Gasteiger partial charge in [-0.1, -0.05) is 35.5 Å². The monoisotopic (exact) mass is 638 g/mol. The van der Waals surface area contributed by atoms with Crippen molar-refractivity contribution in [3.8, 4) is 17.2 Å². The fraction of sp³-hybridized carbons (Fsp3) is 0.419. The Kier molecular flexibility index (Phi) is 9.29. The third kappa shape index (κ3) is 6.98. The van der Waals surface area contributed by atoms with E-state index in [-0.39, 0.29) is 30.4 Å². The average Bonchev–Trinajstić information content (AvgIpc) is 3.51. The minimum absolute atomic E-state index is 0.0275. The van der Waals surface area contributed by atoms with E-state index < -0.39 is 0 Å². The number of carbonyl (C=O) groups excluding carboxylic acids is 2. The highest BCUT2D eigenvalue weighted by atomic mass is 35.5. The van der Waals surface area contributed by atoms with Crippen LogP contribution in [0.3, 0.4) is 0 Å². The van der Waals surface area contributed by atoms with Gasteiger partial charge in [0.2, 0.25) is 12.7 Å². The number of benzene rings is 2. The van der Waals surface area contributed by atoms with Crippen LogP contribution in [0.1, 0.15) is 22.8 Å². The maximum Gasteiger partial charge on any atom is 0.254 e. The van der Waals surface area contributed by atoms with Crippen molar-refractivity contribution in [2.45, 2.75) is 24.7 Å². The highest BCUT2D eigenvalue weighted by Gasteiger charge is 2.30. The molecule has 44 heavy (non-hydrogen) atoms. The van der Waals surface area contributed by atoms with Crippen LogP contribution < -0.4 is 19.1 Å². The molecule has 2 fully saturated rings. The van der Waals surface area contributed by atoms with E-state index in [2.05, 4.69) is 20.9 Å². The van der Waals surface area contributed by atoms with Crippen molar-refractivity contribution in [2.24, 2.45) is 0 Å². The lowest BCUT2D eigenvalue weighted by Gasteiger charge is -2.40. The summed E-state index contributed by atoms with van der Waals surface area (Å²) >= 11 is 7.68. The lowest BCUT2D eigenvalue weighted by Crippen LogP contribution is -2.54. The molecule has 0 N–H and O–H groups in total. The summed E-state index contributed by atoms with van der Waals surface area (Å²) in [4.78, 5) is 43.5. The molecular formula is C31H35ClN6O5S. The molecule has 2 amide bonds. The van der Waals surface area contributed by atoms with E-state index in [1.807, 2.05) is 41.0 Å². The van der Waals surface area contributed by atoms with E-state index in [0.717, 1.165) is 36.7 Å². The number of ether oxygens (including phenoxy) is 3. The highest BCUT2D eigenvalue weighted by molar-refractivity contribution is 7.99. The summed E-state index contributed by atoms with van der Waals surface area (Å²) in [5.74, 6) is 3.18. The van der Waals surface area contributed by atoms with Crippen LogP contribution in [0.15, 0.2) is 53.7 Å². The lowest BCUT2D eigenvalue weighted by molar-refractivity contribution is -0.130. The van der Waals surface area contributed by atoms with Gasteiger partial charge >= 0.3 is 0 Å². The van der Waals surface area contributed by atoms with Crippen molar-refractivity contribution >= 4 is 41.0 Å². The van der Waals surface area contributed by atoms with Gasteiger partial charge in [-0.25, -0.2) is 9.97 Å². The van der Waals surface area contributed by atoms with Crippen molar-refractivity contribution < 1.29 is 23.8 Å². The van der Waals surface area contributed by atoms with Crippen molar-refractivity contribution in [2.75, 3.05) is 70.4 Å². The van der Waals surface area contributed by atoms with Crippen LogP contribution in [0.25, 0.3) is 0 Å². The Bertz CT molecular complexity index is 1520. The molecule has 232 valence electrons. The molecule has 1 unspecified atom stereocenters. The Morgan fingerprint density at radius 1 is 1.00 bits per heavy atom. The fourth-order valence-corrected chi connectivity index (χ4v) is 6.66. The summed E-state index contributed by atoms with van der Waals surface area (Å²) in [6, 6.07) is 14.9. The number of anilines is 1. The van der Waals surface area contributed by atoms with E-state index >= 15 is 0 Å². The first-order chi connectivity index (χ1) is 21.4. The number of amides is 2. The van der Waals surface area contributed by atoms with Gasteiger partial charge in [-0.3, -0.25) is 14.5 Å². The molecule has 2 aromatic carbocycles. The van der Waals surface area contributed by atoms with Crippen molar-refractivity contribution in [1.29, 1.82) is 0 Å². The molecule has 3 aromatic rings. The number of halogens is 1. The number of methoxy groups -OCH3 is 1. The van der Waals surface area contributed by atoms with Gasteiger partial charge < -0.3 is 28.9 Å². The zero-order chi connectivity index (χ0) is 30.6. The van der Waals surface area contributed by atoms with Gasteiger partial charge in [0.15, 0.2) is 16.7 Å². The first kappa shape index (κ1) is 30.3. The third-order valence-corrected chi connectivity index (χ3v) is 9.11. The third-order valence-electron chi connectivity index (χ3n) is 8.08. The molecule has 11 nitrogen and oxygen atoms in total. The van der Waals surface area contributed by atoms with Gasteiger partial charge in [0.1, 0.15) is 16.7 Å². The van der Waals surface area contributed by atoms with Crippen molar-refractivity contribution in [3.05, 3.63) is 64.8 Å². The van der Waals surface area contributed by atoms with Gasteiger partial charge in [-0.15, -0.1) is 0 Å². The van der Waals surface area contributed by atoms with Crippen LogP contribution in [0.5, 0.6) is 17.2 Å². The number of rotatable bonds is 8. The first-order valence-corrected chi connectivity index (χ1v) is 16.0. The maximum absolute atomic E-state index is 13.2. The number of fused-ring (bicyclic) bond motifs is 1. The summed E-state index contributed by atoms with van der Waals surface area (Å²) in [6.07, 6.45) is 0. The molecule has 0 aliphatic carbocycles. The zero-order valence-electron chi connectivity index (χ0n) is 24.8. The van der Waals surface area contributed by atoms with Gasteiger partial charge in [0, 0.05) is 70.0 Å². The van der Waals surface area contributed by atoms with E-state index in [1.54, 1.807) is 25.3 Å². The van der Waals surface area contributed by atoms with E-state index in [0.29, 0.717) is 60.2 Å². The topological polar surface area (TPSA) is 101 Å². The van der Waals surface area contributed by atoms with Crippen molar-refractivity contribution in [3.63, 3.8) is 0 Å². The molecule has 0 spiro atoms. The van der Waals surface area contributed by atoms with Crippen LogP contribution in [0.4, 0.5) is 5.82 Å². The molecule has 0 bridgehead atoms. The van der Waals surface area contributed by atoms with Crippen LogP contribution in [-0.2, 0) is 11.3 Å². The Morgan fingerprint density at radius 2 is 1.82 bits per heavy atom. The fourth-order valence-electron chi connectivity index (χ4n) is 5.67. The maximum atomic E-state index is 13.2. The van der Waals surface area contributed by atoms with Crippen LogP contribution in [0.2, 0.25) is 5.15 Å². The van der Waals surface area contributed by atoms with Crippen LogP contribution in [0, 0.1) is 0 Å². The number of hydrogen-bond donors (Lipinski definition) is 0. The predicted molar refractivity (Wildman–Crippen MR) is 168 cm³/mol.